The molecule has 5 heteroatoms. The molecular weight excluding hydrogens is 376 g/mol. The number of piperidine rings is 1. The number of amides is 2. The smallest absolute Gasteiger partial charge is 0.253 e. The lowest BCUT2D eigenvalue weighted by atomic mass is 9.97. The largest absolute Gasteiger partial charge is 0.493 e. The van der Waals surface area contributed by atoms with Crippen molar-refractivity contribution in [1.29, 1.82) is 0 Å². The van der Waals surface area contributed by atoms with Gasteiger partial charge < -0.3 is 15.0 Å². The molecule has 1 aliphatic heterocycles. The topological polar surface area (TPSA) is 58.6 Å². The monoisotopic (exact) mass is 408 g/mol. The third kappa shape index (κ3) is 5.85. The fraction of sp³-hybridized carbons (Fsp3) is 0.440. The van der Waals surface area contributed by atoms with Crippen LogP contribution >= 0.6 is 0 Å². The van der Waals surface area contributed by atoms with Gasteiger partial charge in [0.05, 0.1) is 6.61 Å². The van der Waals surface area contributed by atoms with Crippen molar-refractivity contribution in [3.63, 3.8) is 0 Å². The molecule has 1 fully saturated rings. The molecule has 1 N–H and O–H groups in total. The Morgan fingerprint density at radius 1 is 1.00 bits per heavy atom. The molecule has 1 saturated heterocycles. The van der Waals surface area contributed by atoms with Crippen LogP contribution in [0.15, 0.2) is 42.5 Å². The predicted molar refractivity (Wildman–Crippen MR) is 119 cm³/mol. The number of ether oxygens (including phenoxy) is 1. The summed E-state index contributed by atoms with van der Waals surface area (Å²) in [6, 6.07) is 13.4. The van der Waals surface area contributed by atoms with Gasteiger partial charge in [0.15, 0.2) is 0 Å². The van der Waals surface area contributed by atoms with E-state index in [1.807, 2.05) is 56.9 Å². The van der Waals surface area contributed by atoms with Gasteiger partial charge in [0.2, 0.25) is 0 Å². The van der Waals surface area contributed by atoms with Gasteiger partial charge in [-0.1, -0.05) is 17.2 Å². The molecule has 1 aliphatic rings. The Labute approximate surface area is 179 Å². The first kappa shape index (κ1) is 21.9. The molecule has 0 saturated carbocycles. The summed E-state index contributed by atoms with van der Waals surface area (Å²) in [5.74, 6) is 1.25. The van der Waals surface area contributed by atoms with E-state index < -0.39 is 0 Å². The molecule has 5 nitrogen and oxygen atoms in total. The van der Waals surface area contributed by atoms with Crippen molar-refractivity contribution in [3.8, 4) is 5.75 Å². The van der Waals surface area contributed by atoms with Gasteiger partial charge in [-0.2, -0.15) is 0 Å². The fourth-order valence-corrected chi connectivity index (χ4v) is 3.85. The van der Waals surface area contributed by atoms with Crippen molar-refractivity contribution in [3.05, 3.63) is 64.7 Å². The summed E-state index contributed by atoms with van der Waals surface area (Å²) in [4.78, 5) is 26.8. The van der Waals surface area contributed by atoms with Crippen molar-refractivity contribution < 1.29 is 14.3 Å². The number of rotatable bonds is 6. The highest BCUT2D eigenvalue weighted by Gasteiger charge is 2.24. The number of hydrogen-bond acceptors (Lipinski definition) is 3. The van der Waals surface area contributed by atoms with E-state index in [1.54, 1.807) is 12.1 Å². The molecule has 0 aliphatic carbocycles. The minimum atomic E-state index is -0.0719. The van der Waals surface area contributed by atoms with E-state index >= 15 is 0 Å². The summed E-state index contributed by atoms with van der Waals surface area (Å²) in [5, 5.41) is 2.88. The minimum Gasteiger partial charge on any atom is -0.493 e. The molecule has 0 unspecified atom stereocenters. The quantitative estimate of drug-likeness (QED) is 0.772. The van der Waals surface area contributed by atoms with Crippen LogP contribution in [0.5, 0.6) is 5.75 Å². The van der Waals surface area contributed by atoms with E-state index in [0.717, 1.165) is 48.4 Å². The summed E-state index contributed by atoms with van der Waals surface area (Å²) in [6.45, 7) is 10.1. The van der Waals surface area contributed by atoms with Crippen LogP contribution in [0, 0.1) is 19.8 Å². The number of aryl methyl sites for hydroxylation is 2. The second kappa shape index (κ2) is 9.79. The Hall–Kier alpha value is -2.82. The molecule has 0 atom stereocenters. The maximum absolute atomic E-state index is 12.8. The Bertz CT molecular complexity index is 862. The molecule has 0 radical (unpaired) electrons. The zero-order chi connectivity index (χ0) is 21.7. The van der Waals surface area contributed by atoms with E-state index in [9.17, 15) is 9.59 Å². The average molecular weight is 409 g/mol. The number of nitrogens with zero attached hydrogens (tertiary/aromatic N) is 1. The molecule has 30 heavy (non-hydrogen) atoms. The summed E-state index contributed by atoms with van der Waals surface area (Å²) >= 11 is 0. The van der Waals surface area contributed by atoms with Crippen molar-refractivity contribution in [2.45, 2.75) is 46.6 Å². The Morgan fingerprint density at radius 3 is 2.17 bits per heavy atom. The number of carbonyl (C=O) groups excluding carboxylic acids is 2. The zero-order valence-corrected chi connectivity index (χ0v) is 18.4. The van der Waals surface area contributed by atoms with Gasteiger partial charge in [0.1, 0.15) is 5.75 Å². The van der Waals surface area contributed by atoms with Crippen molar-refractivity contribution in [1.82, 2.24) is 10.2 Å². The lowest BCUT2D eigenvalue weighted by Crippen LogP contribution is -2.39. The number of carbonyl (C=O) groups is 2. The minimum absolute atomic E-state index is 0.0719. The lowest BCUT2D eigenvalue weighted by Gasteiger charge is -2.32. The highest BCUT2D eigenvalue weighted by atomic mass is 16.5. The zero-order valence-electron chi connectivity index (χ0n) is 18.4. The van der Waals surface area contributed by atoms with Crippen LogP contribution in [0.2, 0.25) is 0 Å². The molecule has 1 heterocycles. The normalized spacial score (nSPS) is 14.6. The SMILES string of the molecule is Cc1cc(C)cc(C(=O)N2CCC(COc3ccc(C(=O)NC(C)C)cc3)CC2)c1. The average Bonchev–Trinajstić information content (AvgIpc) is 2.71. The van der Waals surface area contributed by atoms with Gasteiger partial charge in [0.25, 0.3) is 11.8 Å². The maximum Gasteiger partial charge on any atom is 0.253 e. The highest BCUT2D eigenvalue weighted by Crippen LogP contribution is 2.22. The molecule has 0 bridgehead atoms. The Balaban J connectivity index is 1.47. The molecule has 3 rings (SSSR count). The molecule has 2 aromatic rings. The number of nitrogens with one attached hydrogen (secondary N) is 1. The molecule has 2 amide bonds. The molecule has 160 valence electrons. The fourth-order valence-electron chi connectivity index (χ4n) is 3.85. The molecule has 0 spiro atoms. The van der Waals surface area contributed by atoms with Crippen molar-refractivity contribution in [2.24, 2.45) is 5.92 Å². The van der Waals surface area contributed by atoms with Crippen LogP contribution in [0.3, 0.4) is 0 Å². The number of benzene rings is 2. The summed E-state index contributed by atoms with van der Waals surface area (Å²) in [5.41, 5.74) is 3.65. The molecule has 2 aromatic carbocycles. The summed E-state index contributed by atoms with van der Waals surface area (Å²) in [7, 11) is 0. The molecule has 0 aromatic heterocycles. The third-order valence-electron chi connectivity index (χ3n) is 5.39. The number of likely N-dealkylation sites (tertiary alicyclic amines) is 1. The van der Waals surface area contributed by atoms with Crippen molar-refractivity contribution in [2.75, 3.05) is 19.7 Å². The van der Waals surface area contributed by atoms with Crippen LogP contribution in [-0.2, 0) is 0 Å². The first-order valence-electron chi connectivity index (χ1n) is 10.7. The van der Waals surface area contributed by atoms with Crippen LogP contribution in [0.1, 0.15) is 58.5 Å². The van der Waals surface area contributed by atoms with Gasteiger partial charge >= 0.3 is 0 Å². The van der Waals surface area contributed by atoms with Gasteiger partial charge in [-0.25, -0.2) is 0 Å². The standard InChI is InChI=1S/C25H32N2O3/c1-17(2)26-24(28)21-5-7-23(8-6-21)30-16-20-9-11-27(12-10-20)25(29)22-14-18(3)13-19(4)15-22/h5-8,13-15,17,20H,9-12,16H2,1-4H3,(H,26,28). The van der Waals surface area contributed by atoms with Gasteiger partial charge in [0, 0.05) is 30.3 Å². The Kier molecular flexibility index (Phi) is 7.14. The van der Waals surface area contributed by atoms with Gasteiger partial charge in [-0.3, -0.25) is 9.59 Å². The van der Waals surface area contributed by atoms with Gasteiger partial charge in [-0.15, -0.1) is 0 Å². The predicted octanol–water partition coefficient (Wildman–Crippen LogP) is 4.37. The van der Waals surface area contributed by atoms with Crippen LogP contribution in [0.25, 0.3) is 0 Å². The van der Waals surface area contributed by atoms with E-state index in [-0.39, 0.29) is 17.9 Å². The van der Waals surface area contributed by atoms with E-state index in [0.29, 0.717) is 18.1 Å². The van der Waals surface area contributed by atoms with Gasteiger partial charge in [-0.05, 0) is 82.9 Å². The second-order valence-corrected chi connectivity index (χ2v) is 8.58. The lowest BCUT2D eigenvalue weighted by molar-refractivity contribution is 0.0660. The Morgan fingerprint density at radius 2 is 1.60 bits per heavy atom. The maximum atomic E-state index is 12.8. The highest BCUT2D eigenvalue weighted by molar-refractivity contribution is 5.95. The number of hydrogen-bond donors (Lipinski definition) is 1. The summed E-state index contributed by atoms with van der Waals surface area (Å²) < 4.78 is 5.94. The van der Waals surface area contributed by atoms with Crippen LogP contribution < -0.4 is 10.1 Å². The van der Waals surface area contributed by atoms with E-state index in [2.05, 4.69) is 11.4 Å². The van der Waals surface area contributed by atoms with Crippen LogP contribution in [0.4, 0.5) is 0 Å². The third-order valence-corrected chi connectivity index (χ3v) is 5.39. The molecular formula is C25H32N2O3. The van der Waals surface area contributed by atoms with E-state index in [1.165, 1.54) is 0 Å². The summed E-state index contributed by atoms with van der Waals surface area (Å²) in [6.07, 6.45) is 1.87. The first-order chi connectivity index (χ1) is 14.3. The van der Waals surface area contributed by atoms with E-state index in [4.69, 9.17) is 4.74 Å². The first-order valence-corrected chi connectivity index (χ1v) is 10.7. The van der Waals surface area contributed by atoms with Crippen molar-refractivity contribution >= 4 is 11.8 Å². The second-order valence-electron chi connectivity index (χ2n) is 8.58. The van der Waals surface area contributed by atoms with Crippen LogP contribution in [-0.4, -0.2) is 42.5 Å².